The van der Waals surface area contributed by atoms with Gasteiger partial charge in [0.15, 0.2) is 0 Å². The number of halogens is 3. The monoisotopic (exact) mass is 486 g/mol. The zero-order chi connectivity index (χ0) is 21.7. The van der Waals surface area contributed by atoms with Crippen LogP contribution < -0.4 is 5.32 Å². The fourth-order valence-electron chi connectivity index (χ4n) is 3.19. The van der Waals surface area contributed by atoms with Crippen molar-refractivity contribution in [3.63, 3.8) is 0 Å². The molecule has 0 saturated carbocycles. The van der Waals surface area contributed by atoms with Crippen molar-refractivity contribution in [2.24, 2.45) is 0 Å². The molecule has 0 bridgehead atoms. The molecule has 3 aromatic carbocycles. The molecule has 0 atom stereocenters. The minimum Gasteiger partial charge on any atom is -0.321 e. The second-order valence-corrected chi connectivity index (χ2v) is 9.24. The van der Waals surface area contributed by atoms with Gasteiger partial charge in [-0.25, -0.2) is 0 Å². The van der Waals surface area contributed by atoms with E-state index in [-0.39, 0.29) is 5.91 Å². The number of anilines is 1. The molecule has 0 aliphatic heterocycles. The summed E-state index contributed by atoms with van der Waals surface area (Å²) in [6, 6.07) is 16.3. The highest BCUT2D eigenvalue weighted by Gasteiger charge is 2.18. The number of aromatic nitrogens is 3. The summed E-state index contributed by atoms with van der Waals surface area (Å²) in [5.41, 5.74) is 3.67. The van der Waals surface area contributed by atoms with Crippen LogP contribution in [0.2, 0.25) is 15.1 Å². The number of rotatable bonds is 3. The standard InChI is InChI=1S/C22H13Cl3N4OS/c1-11-2-5-14(10-16(11)24)29-27-17-7-4-13(9-18(17)28-29)26-22(30)21-20(25)15-6-3-12(23)8-19(15)31-21/h2-10H,1H3,(H,26,30). The molecule has 31 heavy (non-hydrogen) atoms. The van der Waals surface area contributed by atoms with Gasteiger partial charge in [0.25, 0.3) is 5.91 Å². The van der Waals surface area contributed by atoms with E-state index in [0.717, 1.165) is 21.3 Å². The molecule has 0 unspecified atom stereocenters. The van der Waals surface area contributed by atoms with Crippen LogP contribution in [0.5, 0.6) is 0 Å². The Morgan fingerprint density at radius 1 is 0.968 bits per heavy atom. The van der Waals surface area contributed by atoms with Crippen molar-refractivity contribution in [1.29, 1.82) is 0 Å². The number of carbonyl (C=O) groups is 1. The van der Waals surface area contributed by atoms with Gasteiger partial charge in [0.05, 0.1) is 10.7 Å². The highest BCUT2D eigenvalue weighted by Crippen LogP contribution is 2.37. The van der Waals surface area contributed by atoms with Crippen LogP contribution in [0, 0.1) is 6.92 Å². The number of nitrogens with zero attached hydrogens (tertiary/aromatic N) is 3. The molecular formula is C22H13Cl3N4OS. The van der Waals surface area contributed by atoms with Gasteiger partial charge >= 0.3 is 0 Å². The van der Waals surface area contributed by atoms with Gasteiger partial charge in [0, 0.05) is 25.8 Å². The third-order valence-electron chi connectivity index (χ3n) is 4.82. The van der Waals surface area contributed by atoms with E-state index in [9.17, 15) is 4.79 Å². The van der Waals surface area contributed by atoms with Crippen molar-refractivity contribution < 1.29 is 4.79 Å². The number of carbonyl (C=O) groups excluding carboxylic acids is 1. The maximum absolute atomic E-state index is 12.8. The van der Waals surface area contributed by atoms with Crippen molar-refractivity contribution in [3.05, 3.63) is 80.1 Å². The summed E-state index contributed by atoms with van der Waals surface area (Å²) in [7, 11) is 0. The van der Waals surface area contributed by atoms with E-state index in [0.29, 0.717) is 36.7 Å². The summed E-state index contributed by atoms with van der Waals surface area (Å²) in [6.07, 6.45) is 0. The van der Waals surface area contributed by atoms with E-state index in [4.69, 9.17) is 34.8 Å². The Balaban J connectivity index is 1.45. The van der Waals surface area contributed by atoms with E-state index < -0.39 is 0 Å². The van der Waals surface area contributed by atoms with E-state index >= 15 is 0 Å². The number of thiophene rings is 1. The second kappa shape index (κ2) is 7.80. The molecule has 5 nitrogen and oxygen atoms in total. The number of hydrogen-bond donors (Lipinski definition) is 1. The summed E-state index contributed by atoms with van der Waals surface area (Å²) in [6.45, 7) is 1.94. The number of amides is 1. The molecule has 5 aromatic rings. The third-order valence-corrected chi connectivity index (χ3v) is 7.12. The average molecular weight is 488 g/mol. The quantitative estimate of drug-likeness (QED) is 0.294. The first-order valence-corrected chi connectivity index (χ1v) is 11.2. The minimum atomic E-state index is -0.292. The van der Waals surface area contributed by atoms with Crippen molar-refractivity contribution >= 4 is 78.9 Å². The van der Waals surface area contributed by atoms with E-state index in [1.807, 2.05) is 31.2 Å². The molecule has 0 saturated heterocycles. The van der Waals surface area contributed by atoms with Gasteiger partial charge in [-0.3, -0.25) is 4.79 Å². The summed E-state index contributed by atoms with van der Waals surface area (Å²) >= 11 is 20.0. The number of fused-ring (bicyclic) bond motifs is 2. The molecule has 0 fully saturated rings. The number of benzene rings is 3. The smallest absolute Gasteiger partial charge is 0.267 e. The first-order chi connectivity index (χ1) is 14.9. The lowest BCUT2D eigenvalue weighted by Gasteiger charge is -2.03. The van der Waals surface area contributed by atoms with Gasteiger partial charge in [0.2, 0.25) is 0 Å². The van der Waals surface area contributed by atoms with Crippen LogP contribution in [0.1, 0.15) is 15.2 Å². The summed E-state index contributed by atoms with van der Waals surface area (Å²) in [5.74, 6) is -0.292. The molecular weight excluding hydrogens is 475 g/mol. The summed E-state index contributed by atoms with van der Waals surface area (Å²) < 4.78 is 0.859. The van der Waals surface area contributed by atoms with Gasteiger partial charge in [0.1, 0.15) is 15.9 Å². The second-order valence-electron chi connectivity index (χ2n) is 6.97. The van der Waals surface area contributed by atoms with E-state index in [1.54, 1.807) is 30.3 Å². The Labute approximate surface area is 196 Å². The maximum Gasteiger partial charge on any atom is 0.267 e. The Bertz CT molecular complexity index is 1490. The largest absolute Gasteiger partial charge is 0.321 e. The molecule has 2 aromatic heterocycles. The highest BCUT2D eigenvalue weighted by molar-refractivity contribution is 7.21. The van der Waals surface area contributed by atoms with Crippen molar-refractivity contribution in [3.8, 4) is 5.69 Å². The molecule has 1 N–H and O–H groups in total. The first-order valence-electron chi connectivity index (χ1n) is 9.21. The van der Waals surface area contributed by atoms with Crippen LogP contribution in [0.3, 0.4) is 0 Å². The maximum atomic E-state index is 12.8. The zero-order valence-electron chi connectivity index (χ0n) is 16.0. The van der Waals surface area contributed by atoms with E-state index in [2.05, 4.69) is 15.5 Å². The fourth-order valence-corrected chi connectivity index (χ4v) is 5.05. The lowest BCUT2D eigenvalue weighted by molar-refractivity contribution is 0.103. The molecule has 9 heteroatoms. The summed E-state index contributed by atoms with van der Waals surface area (Å²) in [5, 5.41) is 14.3. The predicted octanol–water partition coefficient (Wildman–Crippen LogP) is 7.16. The first kappa shape index (κ1) is 20.3. The topological polar surface area (TPSA) is 59.8 Å². The van der Waals surface area contributed by atoms with Crippen LogP contribution in [-0.4, -0.2) is 20.9 Å². The van der Waals surface area contributed by atoms with Crippen LogP contribution in [0.25, 0.3) is 26.8 Å². The molecule has 0 aliphatic carbocycles. The molecule has 2 heterocycles. The van der Waals surface area contributed by atoms with Gasteiger partial charge in [-0.2, -0.15) is 4.80 Å². The molecule has 0 spiro atoms. The third kappa shape index (κ3) is 3.77. The SMILES string of the molecule is Cc1ccc(-n2nc3ccc(NC(=O)c4sc5cc(Cl)ccc5c4Cl)cc3n2)cc1Cl. The van der Waals surface area contributed by atoms with E-state index in [1.165, 1.54) is 16.1 Å². The number of hydrogen-bond acceptors (Lipinski definition) is 4. The van der Waals surface area contributed by atoms with Crippen LogP contribution >= 0.6 is 46.1 Å². The van der Waals surface area contributed by atoms with Crippen LogP contribution in [0.15, 0.2) is 54.6 Å². The fraction of sp³-hybridized carbons (Fsp3) is 0.0455. The molecule has 5 rings (SSSR count). The highest BCUT2D eigenvalue weighted by atomic mass is 35.5. The molecule has 1 amide bonds. The van der Waals surface area contributed by atoms with Gasteiger partial charge in [-0.1, -0.05) is 46.9 Å². The normalized spacial score (nSPS) is 11.4. The Morgan fingerprint density at radius 2 is 1.77 bits per heavy atom. The van der Waals surface area contributed by atoms with Gasteiger partial charge in [-0.15, -0.1) is 21.5 Å². The van der Waals surface area contributed by atoms with Crippen molar-refractivity contribution in [2.75, 3.05) is 5.32 Å². The van der Waals surface area contributed by atoms with Crippen molar-refractivity contribution in [2.45, 2.75) is 6.92 Å². The van der Waals surface area contributed by atoms with Gasteiger partial charge in [-0.05, 0) is 55.0 Å². The molecule has 154 valence electrons. The van der Waals surface area contributed by atoms with Crippen LogP contribution in [-0.2, 0) is 0 Å². The zero-order valence-corrected chi connectivity index (χ0v) is 19.1. The predicted molar refractivity (Wildman–Crippen MR) is 128 cm³/mol. The average Bonchev–Trinajstić information content (AvgIpc) is 3.30. The number of aryl methyl sites for hydroxylation is 1. The summed E-state index contributed by atoms with van der Waals surface area (Å²) in [4.78, 5) is 14.8. The van der Waals surface area contributed by atoms with Gasteiger partial charge < -0.3 is 5.32 Å². The minimum absolute atomic E-state index is 0.292. The molecule has 0 radical (unpaired) electrons. The number of nitrogens with one attached hydrogen (secondary N) is 1. The Morgan fingerprint density at radius 3 is 2.58 bits per heavy atom. The van der Waals surface area contributed by atoms with Crippen molar-refractivity contribution in [1.82, 2.24) is 15.0 Å². The van der Waals surface area contributed by atoms with Crippen LogP contribution in [0.4, 0.5) is 5.69 Å². The lowest BCUT2D eigenvalue weighted by atomic mass is 10.2. The molecule has 0 aliphatic rings. The lowest BCUT2D eigenvalue weighted by Crippen LogP contribution is -2.10. The Hall–Kier alpha value is -2.64. The Kier molecular flexibility index (Phi) is 5.10.